The highest BCUT2D eigenvalue weighted by Crippen LogP contribution is 2.32. The zero-order valence-electron chi connectivity index (χ0n) is 12.3. The van der Waals surface area contributed by atoms with Crippen LogP contribution in [-0.2, 0) is 0 Å². The number of imidazole rings is 1. The second kappa shape index (κ2) is 4.43. The smallest absolute Gasteiger partial charge is 0.195 e. The molecule has 4 rings (SSSR count). The molecule has 2 nitrogen and oxygen atoms in total. The molecule has 0 aliphatic carbocycles. The van der Waals surface area contributed by atoms with Gasteiger partial charge in [-0.2, -0.15) is 0 Å². The number of hydrogen-bond acceptors (Lipinski definition) is 2. The number of rotatable bonds is 1. The summed E-state index contributed by atoms with van der Waals surface area (Å²) in [6.45, 7) is 6.46. The van der Waals surface area contributed by atoms with Crippen LogP contribution in [0.4, 0.5) is 0 Å². The molecule has 2 heterocycles. The number of hydrogen-bond donors (Lipinski definition) is 0. The van der Waals surface area contributed by atoms with Crippen molar-refractivity contribution in [1.29, 1.82) is 0 Å². The van der Waals surface area contributed by atoms with Crippen LogP contribution in [-0.4, -0.2) is 9.38 Å². The maximum atomic E-state index is 4.87. The molecule has 4 aromatic rings. The van der Waals surface area contributed by atoms with Gasteiger partial charge in [-0.3, -0.25) is 4.40 Å². The molecule has 104 valence electrons. The molecule has 0 saturated heterocycles. The van der Waals surface area contributed by atoms with Crippen LogP contribution in [0.15, 0.2) is 42.5 Å². The summed E-state index contributed by atoms with van der Waals surface area (Å²) in [4.78, 5) is 5.94. The second-order valence-electron chi connectivity index (χ2n) is 5.53. The van der Waals surface area contributed by atoms with Gasteiger partial charge in [0.05, 0.1) is 15.9 Å². The van der Waals surface area contributed by atoms with E-state index in [2.05, 4.69) is 67.6 Å². The summed E-state index contributed by atoms with van der Waals surface area (Å²) in [6.07, 6.45) is 0. The van der Waals surface area contributed by atoms with Gasteiger partial charge >= 0.3 is 0 Å². The molecule has 0 atom stereocenters. The van der Waals surface area contributed by atoms with Gasteiger partial charge in [0, 0.05) is 11.3 Å². The fourth-order valence-electron chi connectivity index (χ4n) is 2.82. The van der Waals surface area contributed by atoms with Gasteiger partial charge in [-0.15, -0.1) is 0 Å². The molecule has 0 bridgehead atoms. The summed E-state index contributed by atoms with van der Waals surface area (Å²) in [7, 11) is 0. The van der Waals surface area contributed by atoms with Gasteiger partial charge in [0.25, 0.3) is 0 Å². The standard InChI is InChI=1S/C18H16N2S/c1-11-8-9-14(10-12(11)2)17-13(3)20-15-6-4-5-7-16(15)21-18(20)19-17/h4-10H,1-3H3. The van der Waals surface area contributed by atoms with Gasteiger partial charge in [0.15, 0.2) is 4.96 Å². The van der Waals surface area contributed by atoms with E-state index in [0.717, 1.165) is 10.7 Å². The fraction of sp³-hybridized carbons (Fsp3) is 0.167. The average Bonchev–Trinajstić information content (AvgIpc) is 2.99. The Hall–Kier alpha value is -2.13. The van der Waals surface area contributed by atoms with E-state index in [4.69, 9.17) is 4.98 Å². The first kappa shape index (κ1) is 12.6. The minimum absolute atomic E-state index is 1.07. The van der Waals surface area contributed by atoms with Crippen LogP contribution in [0.2, 0.25) is 0 Å². The minimum Gasteiger partial charge on any atom is -0.287 e. The zero-order valence-corrected chi connectivity index (χ0v) is 13.2. The van der Waals surface area contributed by atoms with Gasteiger partial charge in [-0.25, -0.2) is 4.98 Å². The first-order valence-electron chi connectivity index (χ1n) is 7.09. The highest BCUT2D eigenvalue weighted by molar-refractivity contribution is 7.23. The zero-order chi connectivity index (χ0) is 14.6. The number of nitrogens with zero attached hydrogens (tertiary/aromatic N) is 2. The second-order valence-corrected chi connectivity index (χ2v) is 6.54. The Balaban J connectivity index is 2.01. The Bertz CT molecular complexity index is 976. The fourth-order valence-corrected chi connectivity index (χ4v) is 3.89. The van der Waals surface area contributed by atoms with E-state index in [-0.39, 0.29) is 0 Å². The first-order chi connectivity index (χ1) is 10.1. The lowest BCUT2D eigenvalue weighted by Crippen LogP contribution is -1.88. The molecule has 3 heteroatoms. The molecular formula is C18H16N2S. The summed E-state index contributed by atoms with van der Waals surface area (Å²) in [5.41, 5.74) is 7.39. The maximum absolute atomic E-state index is 4.87. The van der Waals surface area contributed by atoms with Gasteiger partial charge in [-0.05, 0) is 50.1 Å². The number of aromatic nitrogens is 2. The molecule has 0 fully saturated rings. The molecule has 2 aromatic carbocycles. The van der Waals surface area contributed by atoms with Gasteiger partial charge < -0.3 is 0 Å². The monoisotopic (exact) mass is 292 g/mol. The lowest BCUT2D eigenvalue weighted by Gasteiger charge is -2.04. The van der Waals surface area contributed by atoms with Crippen molar-refractivity contribution in [2.45, 2.75) is 20.8 Å². The van der Waals surface area contributed by atoms with Crippen molar-refractivity contribution >= 4 is 26.5 Å². The third-order valence-electron chi connectivity index (χ3n) is 4.16. The molecule has 0 spiro atoms. The van der Waals surface area contributed by atoms with Crippen LogP contribution in [0, 0.1) is 20.8 Å². The molecule has 0 aliphatic heterocycles. The lowest BCUT2D eigenvalue weighted by atomic mass is 10.0. The molecule has 0 aliphatic rings. The molecule has 2 aromatic heterocycles. The largest absolute Gasteiger partial charge is 0.287 e. The molecule has 21 heavy (non-hydrogen) atoms. The number of thiazole rings is 1. The Kier molecular flexibility index (Phi) is 2.66. The third-order valence-corrected chi connectivity index (χ3v) is 5.19. The van der Waals surface area contributed by atoms with E-state index in [1.54, 1.807) is 11.3 Å². The molecular weight excluding hydrogens is 276 g/mol. The van der Waals surface area contributed by atoms with Gasteiger partial charge in [0.1, 0.15) is 0 Å². The van der Waals surface area contributed by atoms with E-state index in [1.165, 1.54) is 32.6 Å². The van der Waals surface area contributed by atoms with Crippen LogP contribution >= 0.6 is 11.3 Å². The van der Waals surface area contributed by atoms with Crippen molar-refractivity contribution in [2.75, 3.05) is 0 Å². The van der Waals surface area contributed by atoms with E-state index < -0.39 is 0 Å². The summed E-state index contributed by atoms with van der Waals surface area (Å²) in [5.74, 6) is 0. The van der Waals surface area contributed by atoms with E-state index in [1.807, 2.05) is 0 Å². The Labute approximate surface area is 127 Å². The topological polar surface area (TPSA) is 17.3 Å². The molecule has 0 saturated carbocycles. The summed E-state index contributed by atoms with van der Waals surface area (Å²) >= 11 is 1.75. The highest BCUT2D eigenvalue weighted by atomic mass is 32.1. The Morgan fingerprint density at radius 3 is 2.57 bits per heavy atom. The molecule has 0 radical (unpaired) electrons. The van der Waals surface area contributed by atoms with E-state index >= 15 is 0 Å². The highest BCUT2D eigenvalue weighted by Gasteiger charge is 2.15. The molecule has 0 unspecified atom stereocenters. The minimum atomic E-state index is 1.07. The van der Waals surface area contributed by atoms with Crippen molar-refractivity contribution in [3.05, 3.63) is 59.3 Å². The van der Waals surface area contributed by atoms with Gasteiger partial charge in [-0.1, -0.05) is 35.6 Å². The average molecular weight is 292 g/mol. The van der Waals surface area contributed by atoms with E-state index in [0.29, 0.717) is 0 Å². The van der Waals surface area contributed by atoms with E-state index in [9.17, 15) is 0 Å². The summed E-state index contributed by atoms with van der Waals surface area (Å²) < 4.78 is 3.56. The maximum Gasteiger partial charge on any atom is 0.195 e. The van der Waals surface area contributed by atoms with Crippen molar-refractivity contribution in [3.63, 3.8) is 0 Å². The number of para-hydroxylation sites is 1. The normalized spacial score (nSPS) is 11.6. The van der Waals surface area contributed by atoms with Crippen LogP contribution in [0.3, 0.4) is 0 Å². The Morgan fingerprint density at radius 2 is 1.76 bits per heavy atom. The Morgan fingerprint density at radius 1 is 0.952 bits per heavy atom. The molecule has 0 amide bonds. The van der Waals surface area contributed by atoms with Crippen molar-refractivity contribution in [2.24, 2.45) is 0 Å². The lowest BCUT2D eigenvalue weighted by molar-refractivity contribution is 1.19. The van der Waals surface area contributed by atoms with Crippen molar-refractivity contribution in [1.82, 2.24) is 9.38 Å². The molecule has 0 N–H and O–H groups in total. The third kappa shape index (κ3) is 1.81. The first-order valence-corrected chi connectivity index (χ1v) is 7.91. The van der Waals surface area contributed by atoms with Crippen LogP contribution in [0.1, 0.15) is 16.8 Å². The number of aryl methyl sites for hydroxylation is 3. The van der Waals surface area contributed by atoms with Crippen molar-refractivity contribution < 1.29 is 0 Å². The predicted octanol–water partition coefficient (Wildman–Crippen LogP) is 5.14. The van der Waals surface area contributed by atoms with Crippen LogP contribution in [0.5, 0.6) is 0 Å². The summed E-state index contributed by atoms with van der Waals surface area (Å²) in [6, 6.07) is 15.1. The van der Waals surface area contributed by atoms with Gasteiger partial charge in [0.2, 0.25) is 0 Å². The van der Waals surface area contributed by atoms with Crippen molar-refractivity contribution in [3.8, 4) is 11.3 Å². The quantitative estimate of drug-likeness (QED) is 0.475. The number of benzene rings is 2. The summed E-state index contributed by atoms with van der Waals surface area (Å²) in [5, 5.41) is 0. The number of fused-ring (bicyclic) bond motifs is 3. The predicted molar refractivity (Wildman–Crippen MR) is 90.2 cm³/mol. The SMILES string of the molecule is Cc1ccc(-c2nc3sc4ccccc4n3c2C)cc1C. The van der Waals surface area contributed by atoms with Crippen LogP contribution < -0.4 is 0 Å². The van der Waals surface area contributed by atoms with Crippen LogP contribution in [0.25, 0.3) is 26.4 Å².